The summed E-state index contributed by atoms with van der Waals surface area (Å²) in [4.78, 5) is 12.4. The van der Waals surface area contributed by atoms with Gasteiger partial charge in [-0.25, -0.2) is 0 Å². The van der Waals surface area contributed by atoms with E-state index in [1.54, 1.807) is 12.1 Å². The molecule has 1 aliphatic heterocycles. The fourth-order valence-corrected chi connectivity index (χ4v) is 3.58. The first-order valence-electron chi connectivity index (χ1n) is 8.37. The minimum absolute atomic E-state index is 0.116. The van der Waals surface area contributed by atoms with Gasteiger partial charge in [0.1, 0.15) is 13.2 Å². The van der Waals surface area contributed by atoms with Crippen LogP contribution in [0.2, 0.25) is 5.02 Å². The van der Waals surface area contributed by atoms with Crippen molar-refractivity contribution in [3.8, 4) is 17.2 Å². The number of benzene rings is 2. The quantitative estimate of drug-likeness (QED) is 0.698. The summed E-state index contributed by atoms with van der Waals surface area (Å²) in [5.74, 6) is 1.93. The Morgan fingerprint density at radius 2 is 2.00 bits per heavy atom. The first-order valence-corrected chi connectivity index (χ1v) is 9.54. The Bertz CT molecular complexity index is 812. The zero-order valence-corrected chi connectivity index (χ0v) is 16.7. The van der Waals surface area contributed by atoms with E-state index in [2.05, 4.69) is 21.2 Å². The highest BCUT2D eigenvalue weighted by Gasteiger charge is 2.15. The Morgan fingerprint density at radius 1 is 1.23 bits per heavy atom. The number of hydrogen-bond acceptors (Lipinski definition) is 4. The van der Waals surface area contributed by atoms with Crippen molar-refractivity contribution in [3.63, 3.8) is 0 Å². The molecule has 0 unspecified atom stereocenters. The molecule has 7 heteroatoms. The highest BCUT2D eigenvalue weighted by molar-refractivity contribution is 9.10. The standard InChI is InChI=1S/C19H19BrClNO4/c1-2-24-19-14(20)10-13(21)11-15(19)22-18(23)6-4-12-3-5-16-17(9-12)26-8-7-25-16/h3,5,9-11H,2,4,6-8H2,1H3,(H,22,23). The lowest BCUT2D eigenvalue weighted by Crippen LogP contribution is -2.16. The molecule has 0 atom stereocenters. The van der Waals surface area contributed by atoms with Crippen molar-refractivity contribution in [1.29, 1.82) is 0 Å². The van der Waals surface area contributed by atoms with Crippen molar-refractivity contribution in [3.05, 3.63) is 45.4 Å². The van der Waals surface area contributed by atoms with Gasteiger partial charge in [0.15, 0.2) is 17.2 Å². The molecule has 1 aliphatic rings. The molecule has 26 heavy (non-hydrogen) atoms. The first-order chi connectivity index (χ1) is 12.6. The van der Waals surface area contributed by atoms with Gasteiger partial charge in [0.05, 0.1) is 16.8 Å². The Labute approximate surface area is 165 Å². The second kappa shape index (κ2) is 8.64. The van der Waals surface area contributed by atoms with Gasteiger partial charge in [-0.1, -0.05) is 17.7 Å². The summed E-state index contributed by atoms with van der Waals surface area (Å²) in [6.45, 7) is 3.47. The van der Waals surface area contributed by atoms with E-state index in [4.69, 9.17) is 25.8 Å². The van der Waals surface area contributed by atoms with Gasteiger partial charge in [0.25, 0.3) is 0 Å². The highest BCUT2D eigenvalue weighted by atomic mass is 79.9. The number of rotatable bonds is 6. The number of hydrogen-bond donors (Lipinski definition) is 1. The van der Waals surface area contributed by atoms with Crippen molar-refractivity contribution in [2.75, 3.05) is 25.1 Å². The van der Waals surface area contributed by atoms with Crippen molar-refractivity contribution < 1.29 is 19.0 Å². The van der Waals surface area contributed by atoms with Crippen molar-refractivity contribution in [1.82, 2.24) is 0 Å². The molecule has 0 aliphatic carbocycles. The molecular formula is C19H19BrClNO4. The summed E-state index contributed by atoms with van der Waals surface area (Å²) >= 11 is 9.50. The number of carbonyl (C=O) groups excluding carboxylic acids is 1. The largest absolute Gasteiger partial charge is 0.491 e. The van der Waals surface area contributed by atoms with Crippen LogP contribution in [0, 0.1) is 0 Å². The third-order valence-corrected chi connectivity index (χ3v) is 4.63. The molecule has 0 fully saturated rings. The number of amides is 1. The number of aryl methyl sites for hydroxylation is 1. The van der Waals surface area contributed by atoms with Crippen LogP contribution in [0.5, 0.6) is 17.2 Å². The van der Waals surface area contributed by atoms with Gasteiger partial charge in [-0.2, -0.15) is 0 Å². The number of nitrogens with one attached hydrogen (secondary N) is 1. The monoisotopic (exact) mass is 439 g/mol. The van der Waals surface area contributed by atoms with Gasteiger partial charge in [-0.15, -0.1) is 0 Å². The molecule has 2 aromatic carbocycles. The topological polar surface area (TPSA) is 56.8 Å². The molecule has 0 radical (unpaired) electrons. The maximum atomic E-state index is 12.4. The summed E-state index contributed by atoms with van der Waals surface area (Å²) in [7, 11) is 0. The third kappa shape index (κ3) is 4.62. The van der Waals surface area contributed by atoms with Crippen LogP contribution >= 0.6 is 27.5 Å². The van der Waals surface area contributed by atoms with E-state index >= 15 is 0 Å². The van der Waals surface area contributed by atoms with E-state index in [-0.39, 0.29) is 5.91 Å². The molecule has 0 aromatic heterocycles. The van der Waals surface area contributed by atoms with Crippen molar-refractivity contribution in [2.24, 2.45) is 0 Å². The Morgan fingerprint density at radius 3 is 2.77 bits per heavy atom. The van der Waals surface area contributed by atoms with E-state index in [9.17, 15) is 4.79 Å². The molecule has 1 N–H and O–H groups in total. The minimum Gasteiger partial charge on any atom is -0.491 e. The van der Waals surface area contributed by atoms with Gasteiger partial charge in [0.2, 0.25) is 5.91 Å². The van der Waals surface area contributed by atoms with Crippen LogP contribution in [0.3, 0.4) is 0 Å². The summed E-state index contributed by atoms with van der Waals surface area (Å²) in [5, 5.41) is 3.39. The number of anilines is 1. The molecule has 2 aromatic rings. The molecular weight excluding hydrogens is 422 g/mol. The average molecular weight is 441 g/mol. The summed E-state index contributed by atoms with van der Waals surface area (Å²) in [5.41, 5.74) is 1.57. The van der Waals surface area contributed by atoms with Gasteiger partial charge in [0, 0.05) is 11.4 Å². The zero-order valence-electron chi connectivity index (χ0n) is 14.3. The summed E-state index contributed by atoms with van der Waals surface area (Å²) < 4.78 is 17.4. The SMILES string of the molecule is CCOc1c(Br)cc(Cl)cc1NC(=O)CCc1ccc2c(c1)OCCO2. The van der Waals surface area contributed by atoms with Gasteiger partial charge >= 0.3 is 0 Å². The first kappa shape index (κ1) is 18.9. The van der Waals surface area contributed by atoms with Crippen LogP contribution in [-0.4, -0.2) is 25.7 Å². The lowest BCUT2D eigenvalue weighted by atomic mass is 10.1. The van der Waals surface area contributed by atoms with E-state index in [1.807, 2.05) is 25.1 Å². The van der Waals surface area contributed by atoms with Crippen LogP contribution in [0.1, 0.15) is 18.9 Å². The van der Waals surface area contributed by atoms with E-state index < -0.39 is 0 Å². The molecule has 138 valence electrons. The van der Waals surface area contributed by atoms with Gasteiger partial charge in [-0.3, -0.25) is 4.79 Å². The maximum Gasteiger partial charge on any atom is 0.224 e. The summed E-state index contributed by atoms with van der Waals surface area (Å²) in [6, 6.07) is 9.16. The second-order valence-electron chi connectivity index (χ2n) is 5.72. The predicted molar refractivity (Wildman–Crippen MR) is 105 cm³/mol. The molecule has 1 heterocycles. The Kier molecular flexibility index (Phi) is 6.27. The van der Waals surface area contributed by atoms with E-state index in [0.717, 1.165) is 17.1 Å². The molecule has 0 spiro atoms. The average Bonchev–Trinajstić information content (AvgIpc) is 2.62. The zero-order chi connectivity index (χ0) is 18.5. The predicted octanol–water partition coefficient (Wildman–Crippen LogP) is 4.84. The van der Waals surface area contributed by atoms with Crippen molar-refractivity contribution in [2.45, 2.75) is 19.8 Å². The fraction of sp³-hybridized carbons (Fsp3) is 0.316. The van der Waals surface area contributed by atoms with Crippen LogP contribution in [0.25, 0.3) is 0 Å². The smallest absolute Gasteiger partial charge is 0.224 e. The Hall–Kier alpha value is -1.92. The molecule has 3 rings (SSSR count). The second-order valence-corrected chi connectivity index (χ2v) is 7.01. The lowest BCUT2D eigenvalue weighted by molar-refractivity contribution is -0.116. The number of fused-ring (bicyclic) bond motifs is 1. The minimum atomic E-state index is -0.116. The summed E-state index contributed by atoms with van der Waals surface area (Å²) in [6.07, 6.45) is 0.920. The van der Waals surface area contributed by atoms with E-state index in [1.165, 1.54) is 0 Å². The maximum absolute atomic E-state index is 12.4. The van der Waals surface area contributed by atoms with Crippen LogP contribution in [0.4, 0.5) is 5.69 Å². The molecule has 0 bridgehead atoms. The molecule has 0 saturated carbocycles. The normalized spacial score (nSPS) is 12.6. The fourth-order valence-electron chi connectivity index (χ4n) is 2.66. The third-order valence-electron chi connectivity index (χ3n) is 3.82. The number of carbonyl (C=O) groups is 1. The van der Waals surface area contributed by atoms with Crippen LogP contribution in [0.15, 0.2) is 34.8 Å². The highest BCUT2D eigenvalue weighted by Crippen LogP contribution is 2.37. The Balaban J connectivity index is 1.64. The van der Waals surface area contributed by atoms with Gasteiger partial charge < -0.3 is 19.5 Å². The lowest BCUT2D eigenvalue weighted by Gasteiger charge is -2.19. The van der Waals surface area contributed by atoms with Crippen LogP contribution in [-0.2, 0) is 11.2 Å². The van der Waals surface area contributed by atoms with Crippen LogP contribution < -0.4 is 19.5 Å². The molecule has 5 nitrogen and oxygen atoms in total. The van der Waals surface area contributed by atoms with Crippen molar-refractivity contribution >= 4 is 39.1 Å². The molecule has 1 amide bonds. The van der Waals surface area contributed by atoms with Gasteiger partial charge in [-0.05, 0) is 59.1 Å². The van der Waals surface area contributed by atoms with E-state index in [0.29, 0.717) is 53.6 Å². The molecule has 0 saturated heterocycles. The number of ether oxygens (including phenoxy) is 3. The number of halogens is 2.